The van der Waals surface area contributed by atoms with Crippen molar-refractivity contribution in [2.45, 2.75) is 0 Å². The number of hydrogen-bond donors (Lipinski definition) is 3. The number of rotatable bonds is 4. The van der Waals surface area contributed by atoms with Crippen molar-refractivity contribution >= 4 is 40.6 Å². The van der Waals surface area contributed by atoms with E-state index in [1.54, 1.807) is 30.3 Å². The molecule has 150 valence electrons. The van der Waals surface area contributed by atoms with Crippen LogP contribution in [0.2, 0.25) is 0 Å². The van der Waals surface area contributed by atoms with E-state index in [1.165, 1.54) is 17.0 Å². The third kappa shape index (κ3) is 3.24. The highest BCUT2D eigenvalue weighted by Gasteiger charge is 2.33. The molecule has 3 N–H and O–H groups in total. The van der Waals surface area contributed by atoms with Crippen LogP contribution in [0.1, 0.15) is 0 Å². The maximum absolute atomic E-state index is 14.3. The van der Waals surface area contributed by atoms with E-state index in [0.29, 0.717) is 28.6 Å². The molecule has 2 aliphatic rings. The number of benzene rings is 2. The van der Waals surface area contributed by atoms with E-state index in [0.717, 1.165) is 6.20 Å². The Morgan fingerprint density at radius 1 is 1.13 bits per heavy atom. The smallest absolute Gasteiger partial charge is 0.254 e. The number of phenols is 1. The Kier molecular flexibility index (Phi) is 4.16. The summed E-state index contributed by atoms with van der Waals surface area (Å²) in [5.74, 6) is 0.485. The average Bonchev–Trinajstić information content (AvgIpc) is 3.12. The van der Waals surface area contributed by atoms with Gasteiger partial charge in [-0.3, -0.25) is 14.7 Å². The second-order valence-electron chi connectivity index (χ2n) is 6.62. The number of fused-ring (bicyclic) bond motifs is 3. The predicted molar refractivity (Wildman–Crippen MR) is 108 cm³/mol. The Balaban J connectivity index is 1.42. The van der Waals surface area contributed by atoms with Crippen LogP contribution in [0, 0.1) is 5.82 Å². The molecule has 0 aliphatic carbocycles. The average molecular weight is 406 g/mol. The molecule has 3 heterocycles. The standard InChI is InChI=1S/C20H15FN6O3/c21-14-8-23-20(25-11-2-1-3-13(28)6-11)26-19(14)24-12-4-5-16-15(7-12)27-17(10-30-16)22-9-18(27)29/h1-8,28H,9-10H2,(H2,23,24,25,26). The molecule has 0 saturated carbocycles. The first-order chi connectivity index (χ1) is 14.6. The Morgan fingerprint density at radius 2 is 2.00 bits per heavy atom. The maximum atomic E-state index is 14.3. The lowest BCUT2D eigenvalue weighted by Gasteiger charge is -2.27. The number of hydrogen-bond acceptors (Lipinski definition) is 8. The van der Waals surface area contributed by atoms with Gasteiger partial charge in [0.1, 0.15) is 30.5 Å². The first-order valence-corrected chi connectivity index (χ1v) is 9.05. The number of carbonyl (C=O) groups is 1. The van der Waals surface area contributed by atoms with Gasteiger partial charge < -0.3 is 20.5 Å². The third-order valence-electron chi connectivity index (χ3n) is 4.57. The minimum Gasteiger partial charge on any atom is -0.508 e. The van der Waals surface area contributed by atoms with E-state index in [9.17, 15) is 14.3 Å². The highest BCUT2D eigenvalue weighted by atomic mass is 19.1. The second kappa shape index (κ2) is 6.99. The molecule has 2 aromatic carbocycles. The van der Waals surface area contributed by atoms with Crippen LogP contribution in [0.15, 0.2) is 53.7 Å². The molecule has 1 aromatic heterocycles. The Morgan fingerprint density at radius 3 is 2.87 bits per heavy atom. The monoisotopic (exact) mass is 406 g/mol. The number of aromatic hydroxyl groups is 1. The molecular weight excluding hydrogens is 391 g/mol. The van der Waals surface area contributed by atoms with Crippen LogP contribution in [0.4, 0.5) is 33.2 Å². The van der Waals surface area contributed by atoms with Crippen molar-refractivity contribution in [1.29, 1.82) is 0 Å². The maximum Gasteiger partial charge on any atom is 0.254 e. The zero-order valence-electron chi connectivity index (χ0n) is 15.5. The van der Waals surface area contributed by atoms with Crippen molar-refractivity contribution in [2.24, 2.45) is 4.99 Å². The summed E-state index contributed by atoms with van der Waals surface area (Å²) >= 11 is 0. The summed E-state index contributed by atoms with van der Waals surface area (Å²) in [5, 5.41) is 15.4. The highest BCUT2D eigenvalue weighted by Crippen LogP contribution is 2.37. The fourth-order valence-corrected chi connectivity index (χ4v) is 3.23. The van der Waals surface area contributed by atoms with Crippen molar-refractivity contribution in [1.82, 2.24) is 9.97 Å². The topological polar surface area (TPSA) is 112 Å². The normalized spacial score (nSPS) is 14.5. The van der Waals surface area contributed by atoms with E-state index in [2.05, 4.69) is 25.6 Å². The summed E-state index contributed by atoms with van der Waals surface area (Å²) < 4.78 is 19.9. The van der Waals surface area contributed by atoms with Crippen molar-refractivity contribution in [3.8, 4) is 11.5 Å². The van der Waals surface area contributed by atoms with Gasteiger partial charge in [-0.1, -0.05) is 6.07 Å². The number of anilines is 5. The van der Waals surface area contributed by atoms with Crippen molar-refractivity contribution in [3.05, 3.63) is 54.5 Å². The number of amidine groups is 1. The van der Waals surface area contributed by atoms with E-state index in [-0.39, 0.29) is 36.6 Å². The van der Waals surface area contributed by atoms with Crippen molar-refractivity contribution in [3.63, 3.8) is 0 Å². The highest BCUT2D eigenvalue weighted by molar-refractivity contribution is 6.23. The number of carbonyl (C=O) groups excluding carboxylic acids is 1. The number of nitrogens with one attached hydrogen (secondary N) is 2. The first kappa shape index (κ1) is 17.9. The molecule has 10 heteroatoms. The van der Waals surface area contributed by atoms with Crippen LogP contribution in [-0.4, -0.2) is 40.0 Å². The van der Waals surface area contributed by atoms with Gasteiger partial charge in [0.05, 0.1) is 11.9 Å². The summed E-state index contributed by atoms with van der Waals surface area (Å²) in [6.07, 6.45) is 1.04. The van der Waals surface area contributed by atoms with Gasteiger partial charge in [0.2, 0.25) is 5.95 Å². The fraction of sp³-hybridized carbons (Fsp3) is 0.100. The summed E-state index contributed by atoms with van der Waals surface area (Å²) in [6, 6.07) is 11.5. The molecule has 1 amide bonds. The van der Waals surface area contributed by atoms with Crippen LogP contribution < -0.4 is 20.3 Å². The van der Waals surface area contributed by atoms with Gasteiger partial charge in [-0.15, -0.1) is 0 Å². The van der Waals surface area contributed by atoms with E-state index >= 15 is 0 Å². The van der Waals surface area contributed by atoms with Gasteiger partial charge in [-0.05, 0) is 30.3 Å². The van der Waals surface area contributed by atoms with Gasteiger partial charge >= 0.3 is 0 Å². The molecule has 3 aromatic rings. The third-order valence-corrected chi connectivity index (χ3v) is 4.57. The van der Waals surface area contributed by atoms with Gasteiger partial charge in [0.15, 0.2) is 11.6 Å². The molecule has 0 fully saturated rings. The molecular formula is C20H15FN6O3. The van der Waals surface area contributed by atoms with Crippen LogP contribution >= 0.6 is 0 Å². The zero-order chi connectivity index (χ0) is 20.7. The van der Waals surface area contributed by atoms with Gasteiger partial charge in [-0.25, -0.2) is 9.37 Å². The SMILES string of the molecule is O=C1CN=C2COc3ccc(Nc4nc(Nc5cccc(O)c5)ncc4F)cc3N12. The van der Waals surface area contributed by atoms with E-state index < -0.39 is 5.82 Å². The minimum atomic E-state index is -0.648. The molecule has 2 aliphatic heterocycles. The van der Waals surface area contributed by atoms with E-state index in [4.69, 9.17) is 4.74 Å². The summed E-state index contributed by atoms with van der Waals surface area (Å²) in [6.45, 7) is 0.316. The molecule has 0 saturated heterocycles. The number of phenolic OH excluding ortho intramolecular Hbond substituents is 1. The zero-order valence-corrected chi connectivity index (χ0v) is 15.5. The molecule has 0 radical (unpaired) electrons. The summed E-state index contributed by atoms with van der Waals surface area (Å²) in [4.78, 5) is 25.9. The van der Waals surface area contributed by atoms with E-state index in [1.807, 2.05) is 0 Å². The molecule has 5 rings (SSSR count). The summed E-state index contributed by atoms with van der Waals surface area (Å²) in [5.41, 5.74) is 1.61. The van der Waals surface area contributed by atoms with Gasteiger partial charge in [-0.2, -0.15) is 4.98 Å². The number of aromatic nitrogens is 2. The number of amides is 1. The Bertz CT molecular complexity index is 1200. The second-order valence-corrected chi connectivity index (χ2v) is 6.62. The number of halogens is 1. The molecule has 0 atom stereocenters. The van der Waals surface area contributed by atoms with Crippen LogP contribution in [0.25, 0.3) is 0 Å². The fourth-order valence-electron chi connectivity index (χ4n) is 3.23. The number of nitrogens with zero attached hydrogens (tertiary/aromatic N) is 4. The van der Waals surface area contributed by atoms with Crippen molar-refractivity contribution < 1.29 is 19.0 Å². The lowest BCUT2D eigenvalue weighted by atomic mass is 10.2. The first-order valence-electron chi connectivity index (χ1n) is 9.05. The molecule has 0 spiro atoms. The largest absolute Gasteiger partial charge is 0.508 e. The molecule has 9 nitrogen and oxygen atoms in total. The van der Waals surface area contributed by atoms with Crippen molar-refractivity contribution in [2.75, 3.05) is 28.7 Å². The predicted octanol–water partition coefficient (Wildman–Crippen LogP) is 2.95. The molecule has 0 bridgehead atoms. The number of ether oxygens (including phenoxy) is 1. The van der Waals surface area contributed by atoms with Gasteiger partial charge in [0, 0.05) is 17.4 Å². The number of aliphatic imine (C=N–C) groups is 1. The lowest BCUT2D eigenvalue weighted by Crippen LogP contribution is -2.39. The van der Waals surface area contributed by atoms with Gasteiger partial charge in [0.25, 0.3) is 5.91 Å². The molecule has 30 heavy (non-hydrogen) atoms. The molecule has 0 unspecified atom stereocenters. The van der Waals surface area contributed by atoms with Crippen LogP contribution in [0.3, 0.4) is 0 Å². The lowest BCUT2D eigenvalue weighted by molar-refractivity contribution is -0.115. The van der Waals surface area contributed by atoms with Crippen LogP contribution in [0.5, 0.6) is 11.5 Å². The minimum absolute atomic E-state index is 0.0500. The van der Waals surface area contributed by atoms with Crippen LogP contribution in [-0.2, 0) is 4.79 Å². The quantitative estimate of drug-likeness (QED) is 0.611. The Labute approximate surface area is 169 Å². The Hall–Kier alpha value is -4.21. The summed E-state index contributed by atoms with van der Waals surface area (Å²) in [7, 11) is 0.